The van der Waals surface area contributed by atoms with E-state index in [9.17, 15) is 0 Å². The van der Waals surface area contributed by atoms with Crippen LogP contribution in [-0.2, 0) is 25.7 Å². The van der Waals surface area contributed by atoms with Gasteiger partial charge < -0.3 is 15.1 Å². The van der Waals surface area contributed by atoms with Crippen LogP contribution >= 0.6 is 0 Å². The molecule has 0 amide bonds. The topological polar surface area (TPSA) is 64.7 Å². The van der Waals surface area contributed by atoms with E-state index in [-0.39, 0.29) is 0 Å². The van der Waals surface area contributed by atoms with Crippen molar-refractivity contribution in [3.05, 3.63) is 120 Å². The molecule has 256 valence electrons. The standard InChI is InChI=1S/C13H17N.C11H16O.C11H16.C8H14N2/c1-13(2,3)8-10-9-14-12-7-5-4-6-11(10)12;1-11(2,3)8-9-4-6-10(12)7-5-9;1-11(2,3)9-10-7-5-4-6-8-10;1-8(2,3)4-7-5-9-6-10-7/h4-7,9,14H,8H2,1-3H3;4-7,12H,8H2,1-3H3;4-8H,9H2,1-3H3;5-6H,4H2,1-3H3,(H,9,10). The molecule has 0 saturated carbocycles. The van der Waals surface area contributed by atoms with Crippen molar-refractivity contribution in [3.63, 3.8) is 0 Å². The van der Waals surface area contributed by atoms with Gasteiger partial charge in [-0.3, -0.25) is 0 Å². The van der Waals surface area contributed by atoms with Crippen LogP contribution in [-0.4, -0.2) is 20.1 Å². The molecule has 0 aliphatic carbocycles. The van der Waals surface area contributed by atoms with Crippen molar-refractivity contribution in [1.82, 2.24) is 15.0 Å². The summed E-state index contributed by atoms with van der Waals surface area (Å²) in [6, 6.07) is 26.5. The van der Waals surface area contributed by atoms with Crippen LogP contribution in [0.2, 0.25) is 0 Å². The van der Waals surface area contributed by atoms with Gasteiger partial charge in [-0.25, -0.2) is 4.98 Å². The third-order valence-electron chi connectivity index (χ3n) is 6.92. The van der Waals surface area contributed by atoms with E-state index < -0.39 is 0 Å². The van der Waals surface area contributed by atoms with Crippen molar-refractivity contribution in [2.75, 3.05) is 0 Å². The van der Waals surface area contributed by atoms with Crippen LogP contribution in [0.5, 0.6) is 5.75 Å². The fourth-order valence-corrected chi connectivity index (χ4v) is 5.24. The molecule has 47 heavy (non-hydrogen) atoms. The van der Waals surface area contributed by atoms with Crippen molar-refractivity contribution in [1.29, 1.82) is 0 Å². The quantitative estimate of drug-likeness (QED) is 0.184. The van der Waals surface area contributed by atoms with Crippen LogP contribution in [0.1, 0.15) is 105 Å². The first-order valence-corrected chi connectivity index (χ1v) is 17.0. The van der Waals surface area contributed by atoms with Crippen LogP contribution in [0, 0.1) is 21.7 Å². The number of hydrogen-bond donors (Lipinski definition) is 3. The first kappa shape index (κ1) is 39.4. The zero-order chi connectivity index (χ0) is 35.3. The molecule has 0 radical (unpaired) electrons. The number of nitrogens with one attached hydrogen (secondary N) is 2. The lowest BCUT2D eigenvalue weighted by Gasteiger charge is -2.17. The van der Waals surface area contributed by atoms with Gasteiger partial charge in [-0.1, -0.05) is 144 Å². The van der Waals surface area contributed by atoms with Gasteiger partial charge in [0.2, 0.25) is 0 Å². The van der Waals surface area contributed by atoms with Gasteiger partial charge in [0.1, 0.15) is 5.75 Å². The van der Waals surface area contributed by atoms with Crippen molar-refractivity contribution in [2.24, 2.45) is 21.7 Å². The summed E-state index contributed by atoms with van der Waals surface area (Å²) >= 11 is 0. The molecule has 2 aromatic heterocycles. The molecule has 4 heteroatoms. The monoisotopic (exact) mass is 637 g/mol. The zero-order valence-electron chi connectivity index (χ0n) is 31.5. The highest BCUT2D eigenvalue weighted by Crippen LogP contribution is 2.26. The van der Waals surface area contributed by atoms with E-state index in [0.29, 0.717) is 27.4 Å². The van der Waals surface area contributed by atoms with Gasteiger partial charge in [0.05, 0.1) is 6.33 Å². The molecule has 0 fully saturated rings. The van der Waals surface area contributed by atoms with Crippen LogP contribution in [0.25, 0.3) is 10.9 Å². The lowest BCUT2D eigenvalue weighted by Crippen LogP contribution is -2.09. The number of rotatable bonds is 4. The number of aromatic amines is 2. The average molecular weight is 638 g/mol. The Kier molecular flexibility index (Phi) is 14.6. The molecule has 0 unspecified atom stereocenters. The first-order chi connectivity index (χ1) is 21.7. The Morgan fingerprint density at radius 1 is 0.532 bits per heavy atom. The smallest absolute Gasteiger partial charge is 0.115 e. The number of H-pyrrole nitrogens is 2. The Hall–Kier alpha value is -3.79. The highest BCUT2D eigenvalue weighted by Gasteiger charge is 2.14. The summed E-state index contributed by atoms with van der Waals surface area (Å²) in [4.78, 5) is 10.3. The summed E-state index contributed by atoms with van der Waals surface area (Å²) in [5.41, 5.74) is 8.02. The maximum atomic E-state index is 9.05. The molecule has 0 bridgehead atoms. The molecule has 0 atom stereocenters. The van der Waals surface area contributed by atoms with Crippen molar-refractivity contribution in [3.8, 4) is 5.75 Å². The predicted molar refractivity (Wildman–Crippen MR) is 204 cm³/mol. The van der Waals surface area contributed by atoms with E-state index in [1.165, 1.54) is 33.3 Å². The Morgan fingerprint density at radius 2 is 1.02 bits per heavy atom. The minimum absolute atomic E-state index is 0.316. The number of fused-ring (bicyclic) bond motifs is 1. The molecule has 0 aliphatic rings. The fraction of sp³-hybridized carbons (Fsp3) is 0.465. The number of phenolic OH excluding ortho intramolecular Hbond substituents is 1. The van der Waals surface area contributed by atoms with Crippen LogP contribution < -0.4 is 0 Å². The number of imidazole rings is 1. The molecule has 5 aromatic rings. The lowest BCUT2D eigenvalue weighted by molar-refractivity contribution is 0.407. The maximum Gasteiger partial charge on any atom is 0.115 e. The Morgan fingerprint density at radius 3 is 1.51 bits per heavy atom. The zero-order valence-corrected chi connectivity index (χ0v) is 31.5. The molecule has 0 spiro atoms. The van der Waals surface area contributed by atoms with Crippen LogP contribution in [0.3, 0.4) is 0 Å². The second kappa shape index (κ2) is 17.4. The number of para-hydroxylation sites is 1. The third kappa shape index (κ3) is 18.2. The minimum atomic E-state index is 0.316. The molecule has 3 aromatic carbocycles. The predicted octanol–water partition coefficient (Wildman–Crippen LogP) is 12.0. The maximum absolute atomic E-state index is 9.05. The van der Waals surface area contributed by atoms with Gasteiger partial charge in [-0.05, 0) is 82.2 Å². The molecule has 0 aliphatic heterocycles. The lowest BCUT2D eigenvalue weighted by atomic mass is 9.88. The van der Waals surface area contributed by atoms with Gasteiger partial charge >= 0.3 is 0 Å². The summed E-state index contributed by atoms with van der Waals surface area (Å²) in [5.74, 6) is 0.340. The normalized spacial score (nSPS) is 11.8. The Balaban J connectivity index is 0.000000220. The highest BCUT2D eigenvalue weighted by molar-refractivity contribution is 5.83. The van der Waals surface area contributed by atoms with Gasteiger partial charge in [0.25, 0.3) is 0 Å². The highest BCUT2D eigenvalue weighted by atomic mass is 16.3. The summed E-state index contributed by atoms with van der Waals surface area (Å²) in [6.07, 6.45) is 10.1. The van der Waals surface area contributed by atoms with E-state index in [1.807, 2.05) is 18.3 Å². The second-order valence-corrected chi connectivity index (χ2v) is 17.5. The number of phenols is 1. The number of benzene rings is 3. The summed E-state index contributed by atoms with van der Waals surface area (Å²) in [6.45, 7) is 26.9. The second-order valence-electron chi connectivity index (χ2n) is 17.5. The Labute approximate surface area is 286 Å². The fourth-order valence-electron chi connectivity index (χ4n) is 5.24. The number of aromatic hydroxyl groups is 1. The molecular weight excluding hydrogens is 574 g/mol. The molecule has 5 rings (SSSR count). The first-order valence-electron chi connectivity index (χ1n) is 17.0. The molecule has 3 N–H and O–H groups in total. The molecule has 4 nitrogen and oxygen atoms in total. The van der Waals surface area contributed by atoms with Gasteiger partial charge in [0, 0.05) is 29.0 Å². The van der Waals surface area contributed by atoms with Gasteiger partial charge in [-0.2, -0.15) is 0 Å². The number of aromatic nitrogens is 3. The SMILES string of the molecule is CC(C)(C)Cc1c[nH]c2ccccc12.CC(C)(C)Cc1ccc(O)cc1.CC(C)(C)Cc1ccccc1.CC(C)(C)Cc1cnc[nH]1. The van der Waals surface area contributed by atoms with Gasteiger partial charge in [0.15, 0.2) is 0 Å². The van der Waals surface area contributed by atoms with Crippen LogP contribution in [0.4, 0.5) is 0 Å². The molecule has 0 saturated heterocycles. The van der Waals surface area contributed by atoms with Crippen molar-refractivity contribution in [2.45, 2.75) is 109 Å². The minimum Gasteiger partial charge on any atom is -0.508 e. The molecule has 2 heterocycles. The van der Waals surface area contributed by atoms with E-state index in [0.717, 1.165) is 25.7 Å². The summed E-state index contributed by atoms with van der Waals surface area (Å²) in [7, 11) is 0. The Bertz CT molecular complexity index is 1530. The summed E-state index contributed by atoms with van der Waals surface area (Å²) < 4.78 is 0. The van der Waals surface area contributed by atoms with Crippen LogP contribution in [0.15, 0.2) is 97.6 Å². The van der Waals surface area contributed by atoms with Crippen molar-refractivity contribution < 1.29 is 5.11 Å². The van der Waals surface area contributed by atoms with E-state index in [4.69, 9.17) is 5.11 Å². The summed E-state index contributed by atoms with van der Waals surface area (Å²) in [5, 5.41) is 10.4. The number of hydrogen-bond acceptors (Lipinski definition) is 2. The molecular formula is C43H63N3O. The largest absolute Gasteiger partial charge is 0.508 e. The van der Waals surface area contributed by atoms with Crippen molar-refractivity contribution >= 4 is 10.9 Å². The van der Waals surface area contributed by atoms with E-state index in [1.54, 1.807) is 18.5 Å². The average Bonchev–Trinajstić information content (AvgIpc) is 3.58. The third-order valence-corrected chi connectivity index (χ3v) is 6.92. The van der Waals surface area contributed by atoms with E-state index >= 15 is 0 Å². The van der Waals surface area contributed by atoms with E-state index in [2.05, 4.69) is 159 Å². The van der Waals surface area contributed by atoms with Gasteiger partial charge in [-0.15, -0.1) is 0 Å². The number of nitrogens with zero attached hydrogens (tertiary/aromatic N) is 1.